The summed E-state index contributed by atoms with van der Waals surface area (Å²) in [5.41, 5.74) is 1.28. The van der Waals surface area contributed by atoms with Crippen molar-refractivity contribution in [2.75, 3.05) is 13.7 Å². The zero-order valence-corrected chi connectivity index (χ0v) is 9.24. The lowest BCUT2D eigenvalue weighted by molar-refractivity contribution is -0.241. The monoisotopic (exact) mass is 206 g/mol. The second-order valence-electron chi connectivity index (χ2n) is 4.08. The predicted molar refractivity (Wildman–Crippen MR) is 59.7 cm³/mol. The quantitative estimate of drug-likeness (QED) is 0.757. The smallest absolute Gasteiger partial charge is 0.171 e. The SMILES string of the molecule is COC1(Cc2ccccc2)CCCCO1. The van der Waals surface area contributed by atoms with Crippen molar-refractivity contribution in [2.45, 2.75) is 31.5 Å². The molecule has 0 bridgehead atoms. The molecule has 1 fully saturated rings. The van der Waals surface area contributed by atoms with E-state index in [0.717, 1.165) is 25.9 Å². The molecule has 0 spiro atoms. The van der Waals surface area contributed by atoms with Crippen molar-refractivity contribution in [3.63, 3.8) is 0 Å². The molecular formula is C13H18O2. The number of hydrogen-bond donors (Lipinski definition) is 0. The Morgan fingerprint density at radius 3 is 2.67 bits per heavy atom. The van der Waals surface area contributed by atoms with Gasteiger partial charge in [0, 0.05) is 20.0 Å². The van der Waals surface area contributed by atoms with Crippen LogP contribution in [-0.2, 0) is 15.9 Å². The molecule has 82 valence electrons. The summed E-state index contributed by atoms with van der Waals surface area (Å²) in [6.07, 6.45) is 4.20. The Balaban J connectivity index is 2.07. The van der Waals surface area contributed by atoms with Gasteiger partial charge in [0.1, 0.15) is 0 Å². The standard InChI is InChI=1S/C13H18O2/c1-14-13(9-5-6-10-15-13)11-12-7-3-2-4-8-12/h2-4,7-8H,5-6,9-11H2,1H3. The molecular weight excluding hydrogens is 188 g/mol. The first-order valence-electron chi connectivity index (χ1n) is 5.58. The summed E-state index contributed by atoms with van der Waals surface area (Å²) in [4.78, 5) is 0. The van der Waals surface area contributed by atoms with Crippen LogP contribution >= 0.6 is 0 Å². The molecule has 1 aromatic carbocycles. The first-order valence-corrected chi connectivity index (χ1v) is 5.58. The number of benzene rings is 1. The van der Waals surface area contributed by atoms with Gasteiger partial charge in [-0.05, 0) is 18.4 Å². The molecule has 1 aliphatic heterocycles. The lowest BCUT2D eigenvalue weighted by Gasteiger charge is -2.36. The van der Waals surface area contributed by atoms with Crippen LogP contribution in [0.3, 0.4) is 0 Å². The van der Waals surface area contributed by atoms with Crippen molar-refractivity contribution < 1.29 is 9.47 Å². The van der Waals surface area contributed by atoms with Crippen molar-refractivity contribution in [1.29, 1.82) is 0 Å². The highest BCUT2D eigenvalue weighted by molar-refractivity contribution is 5.16. The molecule has 1 aromatic rings. The largest absolute Gasteiger partial charge is 0.353 e. The van der Waals surface area contributed by atoms with Gasteiger partial charge >= 0.3 is 0 Å². The van der Waals surface area contributed by atoms with E-state index in [1.165, 1.54) is 12.0 Å². The van der Waals surface area contributed by atoms with E-state index in [-0.39, 0.29) is 5.79 Å². The Hall–Kier alpha value is -0.860. The number of methoxy groups -OCH3 is 1. The fourth-order valence-electron chi connectivity index (χ4n) is 2.11. The number of hydrogen-bond acceptors (Lipinski definition) is 2. The summed E-state index contributed by atoms with van der Waals surface area (Å²) in [5, 5.41) is 0. The highest BCUT2D eigenvalue weighted by Gasteiger charge is 2.33. The average molecular weight is 206 g/mol. The minimum atomic E-state index is -0.375. The van der Waals surface area contributed by atoms with Crippen LogP contribution in [0.25, 0.3) is 0 Å². The number of ether oxygens (including phenoxy) is 2. The average Bonchev–Trinajstić information content (AvgIpc) is 2.32. The molecule has 1 aliphatic rings. The van der Waals surface area contributed by atoms with Crippen LogP contribution < -0.4 is 0 Å². The first-order chi connectivity index (χ1) is 7.35. The molecule has 0 aromatic heterocycles. The molecule has 0 aliphatic carbocycles. The minimum Gasteiger partial charge on any atom is -0.353 e. The molecule has 0 N–H and O–H groups in total. The van der Waals surface area contributed by atoms with Crippen LogP contribution in [0.1, 0.15) is 24.8 Å². The van der Waals surface area contributed by atoms with Crippen molar-refractivity contribution in [3.05, 3.63) is 35.9 Å². The Kier molecular flexibility index (Phi) is 3.39. The number of rotatable bonds is 3. The maximum absolute atomic E-state index is 5.80. The summed E-state index contributed by atoms with van der Waals surface area (Å²) >= 11 is 0. The predicted octanol–water partition coefficient (Wildman–Crippen LogP) is 2.77. The fraction of sp³-hybridized carbons (Fsp3) is 0.538. The zero-order valence-electron chi connectivity index (χ0n) is 9.24. The van der Waals surface area contributed by atoms with E-state index in [9.17, 15) is 0 Å². The second-order valence-corrected chi connectivity index (χ2v) is 4.08. The highest BCUT2D eigenvalue weighted by Crippen LogP contribution is 2.29. The summed E-state index contributed by atoms with van der Waals surface area (Å²) < 4.78 is 11.4. The van der Waals surface area contributed by atoms with E-state index in [1.807, 2.05) is 6.07 Å². The Labute approximate surface area is 91.2 Å². The van der Waals surface area contributed by atoms with Crippen LogP contribution in [0.15, 0.2) is 30.3 Å². The zero-order chi connectivity index (χ0) is 10.6. The molecule has 1 saturated heterocycles. The van der Waals surface area contributed by atoms with Gasteiger partial charge in [0.25, 0.3) is 0 Å². The van der Waals surface area contributed by atoms with Crippen molar-refractivity contribution in [1.82, 2.24) is 0 Å². The van der Waals surface area contributed by atoms with Crippen LogP contribution in [0.5, 0.6) is 0 Å². The van der Waals surface area contributed by atoms with Crippen LogP contribution in [0.2, 0.25) is 0 Å². The Morgan fingerprint density at radius 2 is 2.07 bits per heavy atom. The molecule has 0 amide bonds. The summed E-state index contributed by atoms with van der Waals surface area (Å²) in [7, 11) is 1.74. The van der Waals surface area contributed by atoms with E-state index in [1.54, 1.807) is 7.11 Å². The molecule has 1 atom stereocenters. The Bertz CT molecular complexity index is 289. The third-order valence-corrected chi connectivity index (χ3v) is 3.01. The molecule has 0 saturated carbocycles. The summed E-state index contributed by atoms with van der Waals surface area (Å²) in [5.74, 6) is -0.375. The van der Waals surface area contributed by atoms with E-state index < -0.39 is 0 Å². The van der Waals surface area contributed by atoms with Crippen molar-refractivity contribution >= 4 is 0 Å². The van der Waals surface area contributed by atoms with Gasteiger partial charge in [0.05, 0.1) is 6.61 Å². The summed E-state index contributed by atoms with van der Waals surface area (Å²) in [6, 6.07) is 10.4. The highest BCUT2D eigenvalue weighted by atomic mass is 16.7. The first kappa shape index (κ1) is 10.7. The van der Waals surface area contributed by atoms with Gasteiger partial charge < -0.3 is 9.47 Å². The normalized spacial score (nSPS) is 26.5. The van der Waals surface area contributed by atoms with Gasteiger partial charge in [0.15, 0.2) is 5.79 Å². The summed E-state index contributed by atoms with van der Waals surface area (Å²) in [6.45, 7) is 0.820. The van der Waals surface area contributed by atoms with Crippen molar-refractivity contribution in [2.24, 2.45) is 0 Å². The third-order valence-electron chi connectivity index (χ3n) is 3.01. The van der Waals surface area contributed by atoms with Gasteiger partial charge in [-0.2, -0.15) is 0 Å². The third kappa shape index (κ3) is 2.58. The van der Waals surface area contributed by atoms with Gasteiger partial charge in [-0.1, -0.05) is 30.3 Å². The van der Waals surface area contributed by atoms with Crippen LogP contribution in [0, 0.1) is 0 Å². The Morgan fingerprint density at radius 1 is 1.27 bits per heavy atom. The van der Waals surface area contributed by atoms with E-state index in [0.29, 0.717) is 0 Å². The second kappa shape index (κ2) is 4.77. The molecule has 2 rings (SSSR count). The fourth-order valence-corrected chi connectivity index (χ4v) is 2.11. The maximum atomic E-state index is 5.80. The van der Waals surface area contributed by atoms with Gasteiger partial charge in [-0.25, -0.2) is 0 Å². The topological polar surface area (TPSA) is 18.5 Å². The van der Waals surface area contributed by atoms with Gasteiger partial charge in [-0.3, -0.25) is 0 Å². The molecule has 0 radical (unpaired) electrons. The minimum absolute atomic E-state index is 0.375. The molecule has 1 heterocycles. The van der Waals surface area contributed by atoms with Gasteiger partial charge in [0.2, 0.25) is 0 Å². The van der Waals surface area contributed by atoms with E-state index >= 15 is 0 Å². The molecule has 15 heavy (non-hydrogen) atoms. The molecule has 2 heteroatoms. The molecule has 2 nitrogen and oxygen atoms in total. The lowest BCUT2D eigenvalue weighted by atomic mass is 9.97. The van der Waals surface area contributed by atoms with Crippen LogP contribution in [-0.4, -0.2) is 19.5 Å². The van der Waals surface area contributed by atoms with E-state index in [2.05, 4.69) is 24.3 Å². The van der Waals surface area contributed by atoms with Gasteiger partial charge in [-0.15, -0.1) is 0 Å². The lowest BCUT2D eigenvalue weighted by Crippen LogP contribution is -2.40. The maximum Gasteiger partial charge on any atom is 0.171 e. The van der Waals surface area contributed by atoms with E-state index in [4.69, 9.17) is 9.47 Å². The van der Waals surface area contributed by atoms with Crippen LogP contribution in [0.4, 0.5) is 0 Å². The molecule has 1 unspecified atom stereocenters. The van der Waals surface area contributed by atoms with Crippen molar-refractivity contribution in [3.8, 4) is 0 Å².